The number of aromatic nitrogens is 5. The highest BCUT2D eigenvalue weighted by atomic mass is 16.5. The number of hydrogen-bond donors (Lipinski definition) is 2. The molecule has 0 saturated carbocycles. The fourth-order valence-corrected chi connectivity index (χ4v) is 3.64. The van der Waals surface area contributed by atoms with Gasteiger partial charge in [-0.3, -0.25) is 0 Å². The van der Waals surface area contributed by atoms with E-state index in [-0.39, 0.29) is 6.61 Å². The van der Waals surface area contributed by atoms with E-state index in [9.17, 15) is 0 Å². The molecule has 0 saturated heterocycles. The van der Waals surface area contributed by atoms with Crippen LogP contribution in [0.3, 0.4) is 0 Å². The summed E-state index contributed by atoms with van der Waals surface area (Å²) in [6.07, 6.45) is 1.84. The van der Waals surface area contributed by atoms with Crippen molar-refractivity contribution in [2.45, 2.75) is 13.2 Å². The summed E-state index contributed by atoms with van der Waals surface area (Å²) in [5, 5.41) is 10.2. The zero-order valence-corrected chi connectivity index (χ0v) is 19.0. The normalized spacial score (nSPS) is 11.2. The van der Waals surface area contributed by atoms with E-state index in [1.807, 2.05) is 54.7 Å². The van der Waals surface area contributed by atoms with Crippen LogP contribution in [0.1, 0.15) is 5.69 Å². The van der Waals surface area contributed by atoms with E-state index in [1.54, 1.807) is 16.8 Å². The van der Waals surface area contributed by atoms with Crippen LogP contribution in [0, 0.1) is 0 Å². The first-order valence-corrected chi connectivity index (χ1v) is 11.2. The molecular weight excluding hydrogens is 446 g/mol. The summed E-state index contributed by atoms with van der Waals surface area (Å²) in [5.74, 6) is 2.33. The molecule has 3 heterocycles. The second kappa shape index (κ2) is 10.2. The number of nitrogens with two attached hydrogens (primary N) is 2. The minimum absolute atomic E-state index is 0.274. The van der Waals surface area contributed by atoms with Gasteiger partial charge in [-0.2, -0.15) is 0 Å². The molecule has 0 aliphatic heterocycles. The third kappa shape index (κ3) is 5.56. The molecule has 0 amide bonds. The highest BCUT2D eigenvalue weighted by molar-refractivity contribution is 5.86. The van der Waals surface area contributed by atoms with Gasteiger partial charge >= 0.3 is 0 Å². The number of ether oxygens (including phenoxy) is 3. The molecule has 10 nitrogen and oxygen atoms in total. The molecule has 0 radical (unpaired) electrons. The summed E-state index contributed by atoms with van der Waals surface area (Å²) >= 11 is 0. The molecule has 5 rings (SSSR count). The van der Waals surface area contributed by atoms with E-state index in [4.69, 9.17) is 25.7 Å². The van der Waals surface area contributed by atoms with Crippen LogP contribution in [0.4, 0.5) is 11.6 Å². The molecule has 0 spiro atoms. The average Bonchev–Trinajstić information content (AvgIpc) is 3.32. The lowest BCUT2D eigenvalue weighted by molar-refractivity contribution is 0.0924. The van der Waals surface area contributed by atoms with Crippen molar-refractivity contribution in [1.82, 2.24) is 25.0 Å². The largest absolute Gasteiger partial charge is 0.491 e. The number of para-hydroxylation sites is 1. The molecule has 0 bridgehead atoms. The summed E-state index contributed by atoms with van der Waals surface area (Å²) in [6.45, 7) is 2.23. The number of benzene rings is 2. The van der Waals surface area contributed by atoms with Gasteiger partial charge in [-0.15, -0.1) is 5.10 Å². The van der Waals surface area contributed by atoms with E-state index in [1.165, 1.54) is 0 Å². The fraction of sp³-hybridized carbons (Fsp3) is 0.200. The van der Waals surface area contributed by atoms with Gasteiger partial charge in [0.05, 0.1) is 37.0 Å². The smallest absolute Gasteiger partial charge is 0.134 e. The van der Waals surface area contributed by atoms with Crippen LogP contribution in [-0.2, 0) is 17.9 Å². The van der Waals surface area contributed by atoms with Gasteiger partial charge in [-0.25, -0.2) is 14.6 Å². The SMILES string of the molecule is Nc1ccc2cc(OCCOCCn3cc(COc4cc(N)nc5ccccc45)nn3)ccc2n1. The van der Waals surface area contributed by atoms with Crippen LogP contribution >= 0.6 is 0 Å². The van der Waals surface area contributed by atoms with E-state index < -0.39 is 0 Å². The molecule has 35 heavy (non-hydrogen) atoms. The van der Waals surface area contributed by atoms with Crippen molar-refractivity contribution in [3.05, 3.63) is 72.6 Å². The van der Waals surface area contributed by atoms with E-state index in [0.29, 0.717) is 49.4 Å². The van der Waals surface area contributed by atoms with Gasteiger partial charge in [0.2, 0.25) is 0 Å². The van der Waals surface area contributed by atoms with Crippen LogP contribution in [0.25, 0.3) is 21.8 Å². The average molecular weight is 472 g/mol. The molecule has 0 atom stereocenters. The number of pyridine rings is 2. The van der Waals surface area contributed by atoms with Crippen LogP contribution in [-0.4, -0.2) is 44.8 Å². The maximum atomic E-state index is 5.94. The summed E-state index contributed by atoms with van der Waals surface area (Å²) < 4.78 is 19.1. The second-order valence-corrected chi connectivity index (χ2v) is 7.88. The summed E-state index contributed by atoms with van der Waals surface area (Å²) in [7, 11) is 0. The topological polar surface area (TPSA) is 136 Å². The monoisotopic (exact) mass is 471 g/mol. The number of hydrogen-bond acceptors (Lipinski definition) is 9. The number of nitrogen functional groups attached to an aromatic ring is 2. The van der Waals surface area contributed by atoms with Gasteiger partial charge in [0.25, 0.3) is 0 Å². The van der Waals surface area contributed by atoms with Crippen LogP contribution in [0.2, 0.25) is 0 Å². The third-order valence-corrected chi connectivity index (χ3v) is 5.30. The van der Waals surface area contributed by atoms with Gasteiger partial charge in [-0.05, 0) is 42.5 Å². The molecule has 5 aromatic rings. The first kappa shape index (κ1) is 22.4. The molecule has 2 aromatic carbocycles. The Morgan fingerprint density at radius 1 is 0.800 bits per heavy atom. The summed E-state index contributed by atoms with van der Waals surface area (Å²) in [4.78, 5) is 8.60. The van der Waals surface area contributed by atoms with Gasteiger partial charge in [-0.1, -0.05) is 17.3 Å². The predicted molar refractivity (Wildman–Crippen MR) is 133 cm³/mol. The third-order valence-electron chi connectivity index (χ3n) is 5.30. The fourth-order valence-electron chi connectivity index (χ4n) is 3.64. The van der Waals surface area contributed by atoms with Crippen LogP contribution in [0.15, 0.2) is 66.9 Å². The van der Waals surface area contributed by atoms with E-state index >= 15 is 0 Å². The summed E-state index contributed by atoms with van der Waals surface area (Å²) in [6, 6.07) is 18.8. The Bertz CT molecular complexity index is 1450. The van der Waals surface area contributed by atoms with E-state index in [2.05, 4.69) is 20.3 Å². The zero-order chi connectivity index (χ0) is 24.0. The standard InChI is InChI=1S/C25H25N7O3/c26-24-8-5-17-13-19(6-7-21(17)28-24)34-12-11-33-10-9-32-15-18(30-31-32)16-35-23-14-25(27)29-22-4-2-1-3-20(22)23/h1-8,13-15H,9-12,16H2,(H2,26,28)(H2,27,29). The van der Waals surface area contributed by atoms with Crippen molar-refractivity contribution in [2.75, 3.05) is 31.3 Å². The molecule has 3 aromatic heterocycles. The van der Waals surface area contributed by atoms with Gasteiger partial charge < -0.3 is 25.7 Å². The minimum atomic E-state index is 0.274. The van der Waals surface area contributed by atoms with Gasteiger partial charge in [0, 0.05) is 16.8 Å². The van der Waals surface area contributed by atoms with Crippen molar-refractivity contribution >= 4 is 33.4 Å². The summed E-state index contributed by atoms with van der Waals surface area (Å²) in [5.41, 5.74) is 13.9. The van der Waals surface area contributed by atoms with Gasteiger partial charge in [0.15, 0.2) is 0 Å². The lowest BCUT2D eigenvalue weighted by Crippen LogP contribution is -2.11. The Labute approximate surface area is 201 Å². The maximum absolute atomic E-state index is 5.94. The highest BCUT2D eigenvalue weighted by Gasteiger charge is 2.08. The predicted octanol–water partition coefficient (Wildman–Crippen LogP) is 3.21. The maximum Gasteiger partial charge on any atom is 0.134 e. The Balaban J connectivity index is 1.05. The van der Waals surface area contributed by atoms with Crippen molar-refractivity contribution in [3.8, 4) is 11.5 Å². The molecule has 4 N–H and O–H groups in total. The Morgan fingerprint density at radius 2 is 1.69 bits per heavy atom. The van der Waals surface area contributed by atoms with Crippen LogP contribution < -0.4 is 20.9 Å². The zero-order valence-electron chi connectivity index (χ0n) is 19.0. The van der Waals surface area contributed by atoms with Crippen LogP contribution in [0.5, 0.6) is 11.5 Å². The molecule has 178 valence electrons. The number of rotatable bonds is 10. The molecular formula is C25H25N7O3. The Hall–Kier alpha value is -4.44. The molecule has 0 aliphatic carbocycles. The number of nitrogens with zero attached hydrogens (tertiary/aromatic N) is 5. The van der Waals surface area contributed by atoms with E-state index in [0.717, 1.165) is 27.6 Å². The highest BCUT2D eigenvalue weighted by Crippen LogP contribution is 2.27. The number of anilines is 2. The quantitative estimate of drug-likeness (QED) is 0.294. The molecule has 0 unspecified atom stereocenters. The Kier molecular flexibility index (Phi) is 6.53. The van der Waals surface area contributed by atoms with Crippen molar-refractivity contribution in [2.24, 2.45) is 0 Å². The van der Waals surface area contributed by atoms with Crippen molar-refractivity contribution in [1.29, 1.82) is 0 Å². The second-order valence-electron chi connectivity index (χ2n) is 7.88. The van der Waals surface area contributed by atoms with Crippen molar-refractivity contribution < 1.29 is 14.2 Å². The molecule has 0 aliphatic rings. The first-order valence-electron chi connectivity index (χ1n) is 11.2. The lowest BCUT2D eigenvalue weighted by atomic mass is 10.2. The minimum Gasteiger partial charge on any atom is -0.491 e. The molecule has 10 heteroatoms. The van der Waals surface area contributed by atoms with Gasteiger partial charge in [0.1, 0.15) is 42.0 Å². The Morgan fingerprint density at radius 3 is 2.63 bits per heavy atom. The molecule has 0 fully saturated rings. The van der Waals surface area contributed by atoms with Crippen molar-refractivity contribution in [3.63, 3.8) is 0 Å². The lowest BCUT2D eigenvalue weighted by Gasteiger charge is -2.09. The first-order chi connectivity index (χ1) is 17.1. The number of fused-ring (bicyclic) bond motifs is 2.